The fraction of sp³-hybridized carbons (Fsp3) is 0.541. The molecule has 0 unspecified atom stereocenters. The predicted molar refractivity (Wildman–Crippen MR) is 180 cm³/mol. The smallest absolute Gasteiger partial charge is 0.246 e. The normalized spacial score (nSPS) is 23.4. The summed E-state index contributed by atoms with van der Waals surface area (Å²) in [5.41, 5.74) is 4.71. The van der Waals surface area contributed by atoms with E-state index in [4.69, 9.17) is 14.5 Å². The topological polar surface area (TPSA) is 80.8 Å². The van der Waals surface area contributed by atoms with Crippen LogP contribution in [0.4, 0.5) is 5.69 Å². The van der Waals surface area contributed by atoms with E-state index in [1.807, 2.05) is 6.20 Å². The molecule has 1 heterocycles. The molecule has 3 aromatic rings. The molecule has 3 saturated carbocycles. The fourth-order valence-corrected chi connectivity index (χ4v) is 8.37. The van der Waals surface area contributed by atoms with Crippen molar-refractivity contribution >= 4 is 28.8 Å². The van der Waals surface area contributed by atoms with Crippen LogP contribution in [0.2, 0.25) is 0 Å². The van der Waals surface area contributed by atoms with Crippen LogP contribution < -0.4 is 15.0 Å². The Morgan fingerprint density at radius 3 is 2.38 bits per heavy atom. The lowest BCUT2D eigenvalue weighted by Crippen LogP contribution is -2.44. The van der Waals surface area contributed by atoms with Crippen LogP contribution in [-0.2, 0) is 14.3 Å². The molecule has 2 aromatic carbocycles. The molecule has 3 aliphatic carbocycles. The van der Waals surface area contributed by atoms with Crippen molar-refractivity contribution in [2.75, 3.05) is 32.3 Å². The average molecular weight is 630 g/mol. The van der Waals surface area contributed by atoms with Gasteiger partial charge in [-0.2, -0.15) is 0 Å². The molecule has 3 fully saturated rings. The number of anilines is 1. The molecular weight excluding hydrogens is 582 g/mol. The maximum atomic E-state index is 14.3. The Bertz CT molecular complexity index is 1470. The first-order valence-electron chi connectivity index (χ1n) is 16.7. The number of thiazole rings is 1. The highest BCUT2D eigenvalue weighted by Crippen LogP contribution is 2.44. The van der Waals surface area contributed by atoms with Crippen molar-refractivity contribution in [3.05, 3.63) is 64.8 Å². The lowest BCUT2D eigenvalue weighted by Gasteiger charge is -2.36. The number of methoxy groups -OCH3 is 2. The van der Waals surface area contributed by atoms with Crippen molar-refractivity contribution in [3.63, 3.8) is 0 Å². The summed E-state index contributed by atoms with van der Waals surface area (Å²) in [6, 6.07) is 15.2. The summed E-state index contributed by atoms with van der Waals surface area (Å²) < 4.78 is 10.5. The van der Waals surface area contributed by atoms with Gasteiger partial charge in [-0.25, -0.2) is 4.98 Å². The van der Waals surface area contributed by atoms with Crippen molar-refractivity contribution in [2.45, 2.75) is 89.0 Å². The molecular formula is C37H47N3O4S. The summed E-state index contributed by atoms with van der Waals surface area (Å²) in [5.74, 6) is 2.70. The van der Waals surface area contributed by atoms with E-state index in [0.29, 0.717) is 17.8 Å². The van der Waals surface area contributed by atoms with Crippen LogP contribution >= 0.6 is 11.3 Å². The monoisotopic (exact) mass is 629 g/mol. The number of nitrogens with zero attached hydrogens (tertiary/aromatic N) is 2. The Labute approximate surface area is 271 Å². The van der Waals surface area contributed by atoms with Gasteiger partial charge in [-0.05, 0) is 118 Å². The van der Waals surface area contributed by atoms with Crippen LogP contribution in [0.15, 0.2) is 48.7 Å². The van der Waals surface area contributed by atoms with Gasteiger partial charge in [0.25, 0.3) is 0 Å². The molecule has 0 aliphatic heterocycles. The molecule has 0 radical (unpaired) electrons. The first-order chi connectivity index (χ1) is 21.9. The van der Waals surface area contributed by atoms with Gasteiger partial charge in [-0.1, -0.05) is 24.3 Å². The fourth-order valence-electron chi connectivity index (χ4n) is 7.29. The van der Waals surface area contributed by atoms with Gasteiger partial charge in [0.2, 0.25) is 11.8 Å². The zero-order valence-electron chi connectivity index (χ0n) is 26.9. The zero-order chi connectivity index (χ0) is 31.3. The molecule has 45 heavy (non-hydrogen) atoms. The summed E-state index contributed by atoms with van der Waals surface area (Å²) in [6.45, 7) is 2.94. The van der Waals surface area contributed by atoms with Gasteiger partial charge >= 0.3 is 0 Å². The standard InChI is InChI=1S/C37H47N3O4S/c1-24-19-29(15-18-33(24)44-3)26-9-7-25(8-10-26)22-40(37(42)28-13-16-31(17-14-28)39-35(41)23-43-2)32-6-4-5-30(20-32)34-21-38-36(45-34)27-11-12-27/h4-6,15,18-21,25-28,31H,7-14,16-17,22-23H2,1-3H3,(H,39,41)/t25-,26-,28-,31-. The summed E-state index contributed by atoms with van der Waals surface area (Å²) in [7, 11) is 3.26. The number of hydrogen-bond donors (Lipinski definition) is 1. The number of aromatic nitrogens is 1. The minimum Gasteiger partial charge on any atom is -0.496 e. The first kappa shape index (κ1) is 31.7. The van der Waals surface area contributed by atoms with Crippen LogP contribution in [0.3, 0.4) is 0 Å². The van der Waals surface area contributed by atoms with E-state index < -0.39 is 0 Å². The van der Waals surface area contributed by atoms with E-state index >= 15 is 0 Å². The molecule has 6 rings (SSSR count). The van der Waals surface area contributed by atoms with Crippen molar-refractivity contribution in [1.29, 1.82) is 0 Å². The number of benzene rings is 2. The minimum absolute atomic E-state index is 0.0345. The minimum atomic E-state index is -0.0842. The Balaban J connectivity index is 1.16. The molecule has 7 nitrogen and oxygen atoms in total. The van der Waals surface area contributed by atoms with Gasteiger partial charge in [-0.3, -0.25) is 9.59 Å². The average Bonchev–Trinajstić information content (AvgIpc) is 3.80. The van der Waals surface area contributed by atoms with Crippen molar-refractivity contribution in [2.24, 2.45) is 11.8 Å². The first-order valence-corrected chi connectivity index (χ1v) is 17.5. The lowest BCUT2D eigenvalue weighted by atomic mass is 9.78. The van der Waals surface area contributed by atoms with Gasteiger partial charge in [0.1, 0.15) is 12.4 Å². The molecule has 240 valence electrons. The summed E-state index contributed by atoms with van der Waals surface area (Å²) in [6.07, 6.45) is 12.2. The van der Waals surface area contributed by atoms with Crippen LogP contribution in [0.5, 0.6) is 5.75 Å². The van der Waals surface area contributed by atoms with E-state index in [1.165, 1.54) is 41.0 Å². The Morgan fingerprint density at radius 2 is 1.69 bits per heavy atom. The predicted octanol–water partition coefficient (Wildman–Crippen LogP) is 7.63. The van der Waals surface area contributed by atoms with Crippen LogP contribution in [0.1, 0.15) is 92.2 Å². The lowest BCUT2D eigenvalue weighted by molar-refractivity contribution is -0.126. The highest BCUT2D eigenvalue weighted by Gasteiger charge is 2.33. The largest absolute Gasteiger partial charge is 0.496 e. The van der Waals surface area contributed by atoms with Gasteiger partial charge in [-0.15, -0.1) is 11.3 Å². The third-order valence-electron chi connectivity index (χ3n) is 10.1. The van der Waals surface area contributed by atoms with E-state index in [9.17, 15) is 9.59 Å². The maximum Gasteiger partial charge on any atom is 0.246 e. The van der Waals surface area contributed by atoms with Crippen LogP contribution in [-0.4, -0.2) is 50.2 Å². The van der Waals surface area contributed by atoms with Crippen molar-refractivity contribution in [3.8, 4) is 16.2 Å². The molecule has 0 spiro atoms. The molecule has 1 N–H and O–H groups in total. The summed E-state index contributed by atoms with van der Waals surface area (Å²) >= 11 is 1.79. The summed E-state index contributed by atoms with van der Waals surface area (Å²) in [5, 5.41) is 4.31. The SMILES string of the molecule is COCC(=O)N[C@H]1CC[C@H](C(=O)N(C[C@H]2CC[C@H](c3ccc(OC)c(C)c3)CC2)c2cccc(-c3cnc(C4CC4)s3)c2)CC1. The highest BCUT2D eigenvalue weighted by atomic mass is 32.1. The van der Waals surface area contributed by atoms with Gasteiger partial charge in [0.05, 0.1) is 17.0 Å². The van der Waals surface area contributed by atoms with Crippen molar-refractivity contribution < 1.29 is 19.1 Å². The van der Waals surface area contributed by atoms with E-state index in [1.54, 1.807) is 18.4 Å². The number of nitrogens with one attached hydrogen (secondary N) is 1. The third kappa shape index (κ3) is 7.78. The summed E-state index contributed by atoms with van der Waals surface area (Å²) in [4.78, 5) is 34.4. The molecule has 8 heteroatoms. The number of carbonyl (C=O) groups is 2. The highest BCUT2D eigenvalue weighted by molar-refractivity contribution is 7.15. The second-order valence-electron chi connectivity index (χ2n) is 13.3. The second kappa shape index (κ2) is 14.5. The van der Waals surface area contributed by atoms with Gasteiger partial charge in [0.15, 0.2) is 0 Å². The molecule has 2 amide bonds. The Kier molecular flexibility index (Phi) is 10.2. The number of ether oxygens (including phenoxy) is 2. The quantitative estimate of drug-likeness (QED) is 0.236. The molecule has 0 bridgehead atoms. The zero-order valence-corrected chi connectivity index (χ0v) is 27.7. The molecule has 0 saturated heterocycles. The van der Waals surface area contributed by atoms with Crippen molar-refractivity contribution in [1.82, 2.24) is 10.3 Å². The van der Waals surface area contributed by atoms with Gasteiger partial charge < -0.3 is 19.7 Å². The van der Waals surface area contributed by atoms with E-state index in [-0.39, 0.29) is 30.4 Å². The maximum absolute atomic E-state index is 14.3. The number of hydrogen-bond acceptors (Lipinski definition) is 6. The second-order valence-corrected chi connectivity index (χ2v) is 14.4. The Hall–Kier alpha value is -3.23. The van der Waals surface area contributed by atoms with Gasteiger partial charge in [0, 0.05) is 43.4 Å². The number of aryl methyl sites for hydroxylation is 1. The number of carbonyl (C=O) groups excluding carboxylic acids is 2. The van der Waals surface area contributed by atoms with Crippen LogP contribution in [0.25, 0.3) is 10.4 Å². The molecule has 0 atom stereocenters. The van der Waals surface area contributed by atoms with E-state index in [2.05, 4.69) is 59.6 Å². The van der Waals surface area contributed by atoms with E-state index in [0.717, 1.165) is 74.9 Å². The number of rotatable bonds is 11. The Morgan fingerprint density at radius 1 is 0.933 bits per heavy atom. The molecule has 3 aliphatic rings. The molecule has 1 aromatic heterocycles. The third-order valence-corrected chi connectivity index (χ3v) is 11.3. The number of amides is 2. The van der Waals surface area contributed by atoms with Crippen LogP contribution in [0, 0.1) is 18.8 Å².